The van der Waals surface area contributed by atoms with E-state index >= 15 is 0 Å². The largest absolute Gasteiger partial charge is 0.462 e. The molecule has 0 unspecified atom stereocenters. The third kappa shape index (κ3) is 3.51. The number of pyridine rings is 1. The van der Waals surface area contributed by atoms with Crippen LogP contribution in [0, 0.1) is 0 Å². The number of nitrogens with zero attached hydrogens (tertiary/aromatic N) is 2. The van der Waals surface area contributed by atoms with Gasteiger partial charge in [-0.3, -0.25) is 4.98 Å². The molecule has 0 bridgehead atoms. The van der Waals surface area contributed by atoms with Gasteiger partial charge in [-0.15, -0.1) is 11.3 Å². The number of hydrogen-bond acceptors (Lipinski definition) is 7. The van der Waals surface area contributed by atoms with Gasteiger partial charge in [0, 0.05) is 17.1 Å². The van der Waals surface area contributed by atoms with Crippen molar-refractivity contribution in [3.63, 3.8) is 0 Å². The summed E-state index contributed by atoms with van der Waals surface area (Å²) in [4.78, 5) is 33.1. The molecule has 2 aromatic heterocycles. The van der Waals surface area contributed by atoms with Gasteiger partial charge in [0.1, 0.15) is 9.88 Å². The fourth-order valence-electron chi connectivity index (χ4n) is 2.30. The first-order valence-electron chi connectivity index (χ1n) is 7.84. The number of hydrogen-bond donors (Lipinski definition) is 0. The second-order valence-corrected chi connectivity index (χ2v) is 6.05. The SMILES string of the molecule is CCOC(=O)c1nc(-c2cnc3ccccc3c2)sc1C(=O)OCC. The fraction of sp³-hybridized carbons (Fsp3) is 0.222. The predicted octanol–water partition coefficient (Wildman–Crippen LogP) is 3.71. The van der Waals surface area contributed by atoms with Crippen LogP contribution in [0.5, 0.6) is 0 Å². The molecular weight excluding hydrogens is 340 g/mol. The van der Waals surface area contributed by atoms with Crippen molar-refractivity contribution in [2.75, 3.05) is 13.2 Å². The zero-order chi connectivity index (χ0) is 17.8. The highest BCUT2D eigenvalue weighted by molar-refractivity contribution is 7.17. The van der Waals surface area contributed by atoms with Gasteiger partial charge in [-0.05, 0) is 26.0 Å². The molecule has 6 nitrogen and oxygen atoms in total. The summed E-state index contributed by atoms with van der Waals surface area (Å²) in [5.74, 6) is -1.22. The van der Waals surface area contributed by atoms with E-state index in [9.17, 15) is 9.59 Å². The molecule has 0 atom stereocenters. The highest BCUT2D eigenvalue weighted by Crippen LogP contribution is 2.30. The molecule has 0 N–H and O–H groups in total. The number of para-hydroxylation sites is 1. The van der Waals surface area contributed by atoms with Crippen LogP contribution in [0.4, 0.5) is 0 Å². The van der Waals surface area contributed by atoms with Gasteiger partial charge in [-0.25, -0.2) is 14.6 Å². The van der Waals surface area contributed by atoms with Crippen molar-refractivity contribution < 1.29 is 19.1 Å². The van der Waals surface area contributed by atoms with Crippen molar-refractivity contribution in [3.05, 3.63) is 47.1 Å². The number of esters is 2. The Bertz CT molecular complexity index is 900. The lowest BCUT2D eigenvalue weighted by molar-refractivity contribution is 0.0479. The first kappa shape index (κ1) is 17.0. The first-order chi connectivity index (χ1) is 12.1. The van der Waals surface area contributed by atoms with Crippen molar-refractivity contribution in [1.82, 2.24) is 9.97 Å². The van der Waals surface area contributed by atoms with Crippen LogP contribution >= 0.6 is 11.3 Å². The maximum Gasteiger partial charge on any atom is 0.358 e. The van der Waals surface area contributed by atoms with Crippen LogP contribution in [0.15, 0.2) is 36.5 Å². The minimum atomic E-state index is -0.637. The van der Waals surface area contributed by atoms with E-state index in [4.69, 9.17) is 9.47 Å². The average Bonchev–Trinajstić information content (AvgIpc) is 3.07. The Morgan fingerprint density at radius 1 is 1.08 bits per heavy atom. The van der Waals surface area contributed by atoms with Gasteiger partial charge in [0.2, 0.25) is 0 Å². The fourth-order valence-corrected chi connectivity index (χ4v) is 3.23. The molecule has 0 spiro atoms. The van der Waals surface area contributed by atoms with E-state index < -0.39 is 11.9 Å². The second kappa shape index (κ2) is 7.40. The van der Waals surface area contributed by atoms with Gasteiger partial charge in [0.15, 0.2) is 5.69 Å². The van der Waals surface area contributed by atoms with Gasteiger partial charge in [0.25, 0.3) is 0 Å². The Hall–Kier alpha value is -2.80. The highest BCUT2D eigenvalue weighted by Gasteiger charge is 2.26. The minimum absolute atomic E-state index is 0.0199. The van der Waals surface area contributed by atoms with Gasteiger partial charge in [0.05, 0.1) is 18.7 Å². The van der Waals surface area contributed by atoms with Gasteiger partial charge < -0.3 is 9.47 Å². The molecule has 0 radical (unpaired) electrons. The third-order valence-electron chi connectivity index (χ3n) is 3.39. The van der Waals surface area contributed by atoms with Crippen LogP contribution in [0.1, 0.15) is 34.0 Å². The summed E-state index contributed by atoms with van der Waals surface area (Å²) < 4.78 is 10.0. The zero-order valence-corrected chi connectivity index (χ0v) is 14.6. The number of ether oxygens (including phenoxy) is 2. The number of fused-ring (bicyclic) bond motifs is 1. The summed E-state index contributed by atoms with van der Waals surface area (Å²) in [5.41, 5.74) is 1.57. The maximum atomic E-state index is 12.2. The van der Waals surface area contributed by atoms with Crippen LogP contribution in [-0.4, -0.2) is 35.1 Å². The molecule has 7 heteroatoms. The normalized spacial score (nSPS) is 10.6. The smallest absolute Gasteiger partial charge is 0.358 e. The summed E-state index contributed by atoms with van der Waals surface area (Å²) in [5, 5.41) is 1.47. The number of carbonyl (C=O) groups is 2. The summed E-state index contributed by atoms with van der Waals surface area (Å²) in [7, 11) is 0. The Balaban J connectivity index is 2.07. The predicted molar refractivity (Wildman–Crippen MR) is 94.8 cm³/mol. The highest BCUT2D eigenvalue weighted by atomic mass is 32.1. The van der Waals surface area contributed by atoms with Crippen LogP contribution in [0.3, 0.4) is 0 Å². The van der Waals surface area contributed by atoms with Gasteiger partial charge in [-0.1, -0.05) is 18.2 Å². The van der Waals surface area contributed by atoms with Crippen molar-refractivity contribution in [3.8, 4) is 10.6 Å². The maximum absolute atomic E-state index is 12.2. The van der Waals surface area contributed by atoms with Crippen LogP contribution in [0.2, 0.25) is 0 Å². The molecular formula is C18H16N2O4S. The third-order valence-corrected chi connectivity index (χ3v) is 4.48. The van der Waals surface area contributed by atoms with E-state index in [0.29, 0.717) is 5.01 Å². The number of aromatic nitrogens is 2. The Morgan fingerprint density at radius 2 is 1.80 bits per heavy atom. The van der Waals surface area contributed by atoms with E-state index in [2.05, 4.69) is 9.97 Å². The second-order valence-electron chi connectivity index (χ2n) is 5.05. The number of benzene rings is 1. The van der Waals surface area contributed by atoms with E-state index in [1.807, 2.05) is 30.3 Å². The number of carbonyl (C=O) groups excluding carboxylic acids is 2. The molecule has 0 saturated carbocycles. The standard InChI is InChI=1S/C18H16N2O4S/c1-3-23-17(21)14-15(18(22)24-4-2)25-16(20-14)12-9-11-7-5-6-8-13(11)19-10-12/h5-10H,3-4H2,1-2H3. The van der Waals surface area contributed by atoms with Crippen molar-refractivity contribution in [1.29, 1.82) is 0 Å². The molecule has 1 aromatic carbocycles. The van der Waals surface area contributed by atoms with Crippen LogP contribution in [0.25, 0.3) is 21.5 Å². The summed E-state index contributed by atoms with van der Waals surface area (Å²) in [6.45, 7) is 3.82. The lowest BCUT2D eigenvalue weighted by Crippen LogP contribution is -2.12. The van der Waals surface area contributed by atoms with E-state index in [0.717, 1.165) is 27.8 Å². The van der Waals surface area contributed by atoms with E-state index in [1.165, 1.54) is 0 Å². The minimum Gasteiger partial charge on any atom is -0.462 e. The topological polar surface area (TPSA) is 78.4 Å². The summed E-state index contributed by atoms with van der Waals surface area (Å²) in [6, 6.07) is 9.61. The molecule has 0 aliphatic heterocycles. The summed E-state index contributed by atoms with van der Waals surface area (Å²) >= 11 is 1.10. The van der Waals surface area contributed by atoms with E-state index in [-0.39, 0.29) is 23.8 Å². The molecule has 0 aliphatic carbocycles. The molecule has 25 heavy (non-hydrogen) atoms. The van der Waals surface area contributed by atoms with Crippen molar-refractivity contribution in [2.24, 2.45) is 0 Å². The van der Waals surface area contributed by atoms with Crippen LogP contribution < -0.4 is 0 Å². The lowest BCUT2D eigenvalue weighted by atomic mass is 10.2. The van der Waals surface area contributed by atoms with Gasteiger partial charge in [-0.2, -0.15) is 0 Å². The Morgan fingerprint density at radius 3 is 2.56 bits per heavy atom. The zero-order valence-electron chi connectivity index (χ0n) is 13.8. The summed E-state index contributed by atoms with van der Waals surface area (Å²) in [6.07, 6.45) is 1.67. The number of thiazole rings is 1. The molecule has 0 saturated heterocycles. The molecule has 2 heterocycles. The molecule has 0 fully saturated rings. The molecule has 128 valence electrons. The van der Waals surface area contributed by atoms with Crippen molar-refractivity contribution in [2.45, 2.75) is 13.8 Å². The quantitative estimate of drug-likeness (QED) is 0.649. The Kier molecular flexibility index (Phi) is 5.04. The molecule has 0 aliphatic rings. The molecule has 0 amide bonds. The monoisotopic (exact) mass is 356 g/mol. The Labute approximate surface area is 148 Å². The van der Waals surface area contributed by atoms with E-state index in [1.54, 1.807) is 20.0 Å². The first-order valence-corrected chi connectivity index (χ1v) is 8.66. The van der Waals surface area contributed by atoms with Gasteiger partial charge >= 0.3 is 11.9 Å². The average molecular weight is 356 g/mol. The van der Waals surface area contributed by atoms with Crippen molar-refractivity contribution >= 4 is 34.2 Å². The lowest BCUT2D eigenvalue weighted by Gasteiger charge is -2.01. The van der Waals surface area contributed by atoms with Crippen LogP contribution in [-0.2, 0) is 9.47 Å². The molecule has 3 aromatic rings. The molecule has 3 rings (SSSR count). The number of rotatable bonds is 5.